The summed E-state index contributed by atoms with van der Waals surface area (Å²) in [5.74, 6) is 0.674. The highest BCUT2D eigenvalue weighted by Crippen LogP contribution is 2.25. The molecule has 1 atom stereocenters. The average Bonchev–Trinajstić information content (AvgIpc) is 3.10. The minimum absolute atomic E-state index is 0.139. The molecule has 2 N–H and O–H groups in total. The first kappa shape index (κ1) is 19.8. The van der Waals surface area contributed by atoms with E-state index >= 15 is 0 Å². The number of halogens is 1. The molecule has 0 radical (unpaired) electrons. The first-order valence-corrected chi connectivity index (χ1v) is 9.60. The summed E-state index contributed by atoms with van der Waals surface area (Å²) < 4.78 is 5.79. The molecule has 0 aliphatic heterocycles. The van der Waals surface area contributed by atoms with Crippen LogP contribution in [-0.2, 0) is 4.79 Å². The predicted molar refractivity (Wildman–Crippen MR) is 103 cm³/mol. The van der Waals surface area contributed by atoms with Crippen LogP contribution in [0.2, 0.25) is 5.02 Å². The molecule has 0 aliphatic rings. The summed E-state index contributed by atoms with van der Waals surface area (Å²) in [7, 11) is 0. The lowest BCUT2D eigenvalue weighted by molar-refractivity contribution is -0.134. The van der Waals surface area contributed by atoms with Crippen molar-refractivity contribution in [1.82, 2.24) is 5.32 Å². The molecule has 4 nitrogen and oxygen atoms in total. The van der Waals surface area contributed by atoms with Gasteiger partial charge in [0.1, 0.15) is 5.75 Å². The number of carbonyl (C=O) groups excluding carboxylic acids is 1. The van der Waals surface area contributed by atoms with Crippen molar-refractivity contribution in [3.63, 3.8) is 0 Å². The lowest BCUT2D eigenvalue weighted by Crippen LogP contribution is -2.47. The van der Waals surface area contributed by atoms with Crippen LogP contribution in [0.3, 0.4) is 0 Å². The van der Waals surface area contributed by atoms with Gasteiger partial charge in [-0.2, -0.15) is 11.3 Å². The van der Waals surface area contributed by atoms with Crippen LogP contribution in [0.15, 0.2) is 41.1 Å². The van der Waals surface area contributed by atoms with Gasteiger partial charge in [-0.15, -0.1) is 0 Å². The SMILES string of the molecule is CC(C)(Oc1ccc(Cl)cc1)C(=O)NCC[C@H](CCO)c1ccsc1. The number of nitrogens with one attached hydrogen (secondary N) is 1. The van der Waals surface area contributed by atoms with E-state index in [4.69, 9.17) is 16.3 Å². The monoisotopic (exact) mass is 381 g/mol. The normalized spacial score (nSPS) is 12.6. The Kier molecular flexibility index (Phi) is 7.29. The zero-order valence-electron chi connectivity index (χ0n) is 14.5. The maximum atomic E-state index is 12.5. The number of amides is 1. The van der Waals surface area contributed by atoms with Crippen LogP contribution in [0.5, 0.6) is 5.75 Å². The van der Waals surface area contributed by atoms with Crippen molar-refractivity contribution >= 4 is 28.8 Å². The Morgan fingerprint density at radius 3 is 2.60 bits per heavy atom. The second-order valence-corrected chi connectivity index (χ2v) is 7.59. The molecule has 25 heavy (non-hydrogen) atoms. The van der Waals surface area contributed by atoms with Crippen LogP contribution >= 0.6 is 22.9 Å². The van der Waals surface area contributed by atoms with Gasteiger partial charge >= 0.3 is 0 Å². The zero-order chi connectivity index (χ0) is 18.3. The van der Waals surface area contributed by atoms with Gasteiger partial charge in [-0.05, 0) is 79.3 Å². The van der Waals surface area contributed by atoms with Crippen molar-refractivity contribution in [3.05, 3.63) is 51.7 Å². The summed E-state index contributed by atoms with van der Waals surface area (Å²) in [6.07, 6.45) is 1.47. The van der Waals surface area contributed by atoms with Crippen LogP contribution in [0.1, 0.15) is 38.2 Å². The van der Waals surface area contributed by atoms with E-state index in [1.807, 2.05) is 5.38 Å². The summed E-state index contributed by atoms with van der Waals surface area (Å²) in [5.41, 5.74) is 0.229. The van der Waals surface area contributed by atoms with Crippen molar-refractivity contribution in [1.29, 1.82) is 0 Å². The summed E-state index contributed by atoms with van der Waals surface area (Å²) in [5, 5.41) is 16.9. The Labute approximate surface area is 157 Å². The quantitative estimate of drug-likeness (QED) is 0.683. The van der Waals surface area contributed by atoms with E-state index < -0.39 is 5.60 Å². The number of aliphatic hydroxyl groups excluding tert-OH is 1. The highest BCUT2D eigenvalue weighted by atomic mass is 35.5. The standard InChI is InChI=1S/C19H24ClNO3S/c1-19(2,24-17-5-3-16(20)4-6-17)18(23)21-10-7-14(8-11-22)15-9-12-25-13-15/h3-6,9,12-14,22H,7-8,10-11H2,1-2H3,(H,21,23)/t14-/m1/s1. The van der Waals surface area contributed by atoms with Gasteiger partial charge in [0.15, 0.2) is 5.60 Å². The van der Waals surface area contributed by atoms with E-state index in [0.29, 0.717) is 23.7 Å². The lowest BCUT2D eigenvalue weighted by atomic mass is 9.95. The first-order valence-electron chi connectivity index (χ1n) is 8.28. The van der Waals surface area contributed by atoms with E-state index in [1.54, 1.807) is 49.4 Å². The van der Waals surface area contributed by atoms with Gasteiger partial charge in [0.2, 0.25) is 0 Å². The Morgan fingerprint density at radius 2 is 2.00 bits per heavy atom. The van der Waals surface area contributed by atoms with Crippen LogP contribution in [-0.4, -0.2) is 29.8 Å². The fraction of sp³-hybridized carbons (Fsp3) is 0.421. The van der Waals surface area contributed by atoms with Gasteiger partial charge in [-0.1, -0.05) is 11.6 Å². The third kappa shape index (κ3) is 6.03. The molecule has 2 rings (SSSR count). The molecule has 1 heterocycles. The Hall–Kier alpha value is -1.56. The summed E-state index contributed by atoms with van der Waals surface area (Å²) in [6, 6.07) is 9.01. The molecule has 1 amide bonds. The topological polar surface area (TPSA) is 58.6 Å². The molecule has 0 saturated carbocycles. The number of aliphatic hydroxyl groups is 1. The molecule has 136 valence electrons. The Bertz CT molecular complexity index is 656. The van der Waals surface area contributed by atoms with Gasteiger partial charge in [0, 0.05) is 18.2 Å². The molecule has 0 bridgehead atoms. The largest absolute Gasteiger partial charge is 0.478 e. The number of thiophene rings is 1. The minimum Gasteiger partial charge on any atom is -0.478 e. The van der Waals surface area contributed by atoms with E-state index in [1.165, 1.54) is 5.56 Å². The fourth-order valence-corrected chi connectivity index (χ4v) is 3.43. The van der Waals surface area contributed by atoms with E-state index in [0.717, 1.165) is 6.42 Å². The molecule has 6 heteroatoms. The maximum Gasteiger partial charge on any atom is 0.263 e. The predicted octanol–water partition coefficient (Wildman–Crippen LogP) is 4.23. The first-order chi connectivity index (χ1) is 11.9. The van der Waals surface area contributed by atoms with Gasteiger partial charge in [-0.3, -0.25) is 4.79 Å². The van der Waals surface area contributed by atoms with Gasteiger partial charge in [0.05, 0.1) is 0 Å². The van der Waals surface area contributed by atoms with Crippen molar-refractivity contribution in [3.8, 4) is 5.75 Å². The van der Waals surface area contributed by atoms with Gasteiger partial charge in [-0.25, -0.2) is 0 Å². The minimum atomic E-state index is -0.983. The van der Waals surface area contributed by atoms with Crippen molar-refractivity contribution in [2.24, 2.45) is 0 Å². The second-order valence-electron chi connectivity index (χ2n) is 6.38. The smallest absolute Gasteiger partial charge is 0.263 e. The number of hydrogen-bond acceptors (Lipinski definition) is 4. The molecule has 0 spiro atoms. The maximum absolute atomic E-state index is 12.5. The molecule has 0 aliphatic carbocycles. The van der Waals surface area contributed by atoms with E-state index in [2.05, 4.69) is 16.8 Å². The van der Waals surface area contributed by atoms with Gasteiger partial charge < -0.3 is 15.2 Å². The van der Waals surface area contributed by atoms with Gasteiger partial charge in [0.25, 0.3) is 5.91 Å². The molecular formula is C19H24ClNO3S. The van der Waals surface area contributed by atoms with Crippen molar-refractivity contribution in [2.75, 3.05) is 13.2 Å². The lowest BCUT2D eigenvalue weighted by Gasteiger charge is -2.26. The number of rotatable bonds is 9. The molecule has 1 aromatic carbocycles. The highest BCUT2D eigenvalue weighted by Gasteiger charge is 2.29. The fourth-order valence-electron chi connectivity index (χ4n) is 2.56. The van der Waals surface area contributed by atoms with Crippen molar-refractivity contribution < 1.29 is 14.6 Å². The number of carbonyl (C=O) groups is 1. The number of benzene rings is 1. The van der Waals surface area contributed by atoms with Crippen LogP contribution < -0.4 is 10.1 Å². The van der Waals surface area contributed by atoms with E-state index in [-0.39, 0.29) is 18.4 Å². The second kappa shape index (κ2) is 9.22. The number of hydrogen-bond donors (Lipinski definition) is 2. The van der Waals surface area contributed by atoms with Crippen molar-refractivity contribution in [2.45, 2.75) is 38.2 Å². The molecule has 0 fully saturated rings. The molecular weight excluding hydrogens is 358 g/mol. The molecule has 0 saturated heterocycles. The van der Waals surface area contributed by atoms with Crippen LogP contribution in [0.25, 0.3) is 0 Å². The third-order valence-corrected chi connectivity index (χ3v) is 4.96. The highest BCUT2D eigenvalue weighted by molar-refractivity contribution is 7.07. The Morgan fingerprint density at radius 1 is 1.28 bits per heavy atom. The molecule has 0 unspecified atom stereocenters. The third-order valence-electron chi connectivity index (χ3n) is 4.00. The van der Waals surface area contributed by atoms with Crippen LogP contribution in [0, 0.1) is 0 Å². The summed E-state index contributed by atoms with van der Waals surface area (Å²) in [6.45, 7) is 4.15. The summed E-state index contributed by atoms with van der Waals surface area (Å²) in [4.78, 5) is 12.5. The number of ether oxygens (including phenoxy) is 1. The summed E-state index contributed by atoms with van der Waals surface area (Å²) >= 11 is 7.50. The molecule has 2 aromatic rings. The van der Waals surface area contributed by atoms with Crippen LogP contribution in [0.4, 0.5) is 0 Å². The zero-order valence-corrected chi connectivity index (χ0v) is 16.1. The average molecular weight is 382 g/mol. The molecule has 1 aromatic heterocycles. The Balaban J connectivity index is 1.86. The van der Waals surface area contributed by atoms with E-state index in [9.17, 15) is 9.90 Å².